The highest BCUT2D eigenvalue weighted by Crippen LogP contribution is 2.29. The van der Waals surface area contributed by atoms with E-state index in [0.29, 0.717) is 16.5 Å². The van der Waals surface area contributed by atoms with Crippen molar-refractivity contribution in [3.8, 4) is 0 Å². The van der Waals surface area contributed by atoms with Crippen molar-refractivity contribution in [3.63, 3.8) is 0 Å². The van der Waals surface area contributed by atoms with Gasteiger partial charge in [0.05, 0.1) is 5.69 Å². The van der Waals surface area contributed by atoms with Gasteiger partial charge in [0, 0.05) is 22.7 Å². The maximum Gasteiger partial charge on any atom is 0.238 e. The van der Waals surface area contributed by atoms with Crippen molar-refractivity contribution >= 4 is 62.7 Å². The predicted octanol–water partition coefficient (Wildman–Crippen LogP) is 4.02. The van der Waals surface area contributed by atoms with E-state index in [1.807, 2.05) is 24.3 Å². The third-order valence-electron chi connectivity index (χ3n) is 3.71. The van der Waals surface area contributed by atoms with Crippen LogP contribution in [0.15, 0.2) is 53.5 Å². The van der Waals surface area contributed by atoms with Gasteiger partial charge >= 0.3 is 0 Å². The zero-order valence-electron chi connectivity index (χ0n) is 13.8. The second-order valence-corrected chi connectivity index (χ2v) is 8.05. The third kappa shape index (κ3) is 4.61. The Bertz CT molecular complexity index is 873. The normalized spacial score (nSPS) is 18.9. The number of carbonyl (C=O) groups is 2. The van der Waals surface area contributed by atoms with Gasteiger partial charge in [0.2, 0.25) is 11.8 Å². The molecule has 1 atom stereocenters. The fourth-order valence-corrected chi connectivity index (χ4v) is 3.73. The molecule has 0 saturated carbocycles. The summed E-state index contributed by atoms with van der Waals surface area (Å²) in [6.45, 7) is 0. The molecule has 3 rings (SSSR count). The van der Waals surface area contributed by atoms with Crippen molar-refractivity contribution in [1.82, 2.24) is 4.90 Å². The molecule has 5 nitrogen and oxygen atoms in total. The van der Waals surface area contributed by atoms with E-state index < -0.39 is 11.1 Å². The van der Waals surface area contributed by atoms with Gasteiger partial charge in [-0.05, 0) is 65.1 Å². The highest BCUT2D eigenvalue weighted by molar-refractivity contribution is 14.1. The molecule has 1 aliphatic heterocycles. The van der Waals surface area contributed by atoms with Crippen LogP contribution in [0.5, 0.6) is 0 Å². The number of halogens is 2. The van der Waals surface area contributed by atoms with Gasteiger partial charge in [0.15, 0.2) is 5.17 Å². The standard InChI is InChI=1S/C18H15FIN3O2S/c1-23-16(24)10-15(17(25)21-13-7-5-12(20)6-8-13)26-18(23)22-14-4-2-3-11(19)9-14/h2-9,15H,10H2,1H3,(H,21,25)/t15-/m1/s1. The quantitative estimate of drug-likeness (QED) is 0.672. The van der Waals surface area contributed by atoms with Gasteiger partial charge in [-0.25, -0.2) is 9.38 Å². The van der Waals surface area contributed by atoms with Crippen LogP contribution in [0.4, 0.5) is 15.8 Å². The number of benzene rings is 2. The Morgan fingerprint density at radius 2 is 2.04 bits per heavy atom. The molecule has 2 aromatic rings. The summed E-state index contributed by atoms with van der Waals surface area (Å²) in [5, 5.41) is 2.60. The van der Waals surface area contributed by atoms with Crippen LogP contribution < -0.4 is 5.32 Å². The molecule has 1 fully saturated rings. The maximum absolute atomic E-state index is 13.3. The second-order valence-electron chi connectivity index (χ2n) is 5.63. The van der Waals surface area contributed by atoms with Crippen LogP contribution in [-0.4, -0.2) is 34.2 Å². The molecule has 0 aromatic heterocycles. The molecule has 2 amide bonds. The van der Waals surface area contributed by atoms with E-state index in [0.717, 1.165) is 3.57 Å². The summed E-state index contributed by atoms with van der Waals surface area (Å²) in [4.78, 5) is 30.5. The van der Waals surface area contributed by atoms with Crippen molar-refractivity contribution in [2.45, 2.75) is 11.7 Å². The van der Waals surface area contributed by atoms with Crippen LogP contribution in [0.3, 0.4) is 0 Å². The van der Waals surface area contributed by atoms with Crippen molar-refractivity contribution < 1.29 is 14.0 Å². The Morgan fingerprint density at radius 3 is 2.73 bits per heavy atom. The van der Waals surface area contributed by atoms with Crippen molar-refractivity contribution in [1.29, 1.82) is 0 Å². The highest BCUT2D eigenvalue weighted by Gasteiger charge is 2.34. The highest BCUT2D eigenvalue weighted by atomic mass is 127. The van der Waals surface area contributed by atoms with Gasteiger partial charge in [-0.1, -0.05) is 17.8 Å². The molecular formula is C18H15FIN3O2S. The van der Waals surface area contributed by atoms with Gasteiger partial charge in [-0.3, -0.25) is 14.5 Å². The number of amidine groups is 1. The Kier molecular flexibility index (Phi) is 5.92. The topological polar surface area (TPSA) is 61.8 Å². The Morgan fingerprint density at radius 1 is 1.31 bits per heavy atom. The maximum atomic E-state index is 13.3. The van der Waals surface area contributed by atoms with E-state index in [-0.39, 0.29) is 18.2 Å². The SMILES string of the molecule is CN1C(=O)C[C@H](C(=O)Nc2ccc(I)cc2)SC1=Nc1cccc(F)c1. The third-order valence-corrected chi connectivity index (χ3v) is 5.67. The van der Waals surface area contributed by atoms with Crippen LogP contribution in [-0.2, 0) is 9.59 Å². The van der Waals surface area contributed by atoms with Crippen LogP contribution in [0.1, 0.15) is 6.42 Å². The van der Waals surface area contributed by atoms with Gasteiger partial charge in [-0.2, -0.15) is 0 Å². The molecule has 0 aliphatic carbocycles. The second kappa shape index (κ2) is 8.17. The Hall–Kier alpha value is -1.94. The summed E-state index contributed by atoms with van der Waals surface area (Å²) in [6, 6.07) is 13.2. The molecular weight excluding hydrogens is 468 g/mol. The van der Waals surface area contributed by atoms with Crippen molar-refractivity contribution in [3.05, 3.63) is 57.9 Å². The zero-order chi connectivity index (χ0) is 18.7. The first-order chi connectivity index (χ1) is 12.4. The lowest BCUT2D eigenvalue weighted by Crippen LogP contribution is -2.43. The summed E-state index contributed by atoms with van der Waals surface area (Å²) in [7, 11) is 1.60. The average molecular weight is 483 g/mol. The number of nitrogens with zero attached hydrogens (tertiary/aromatic N) is 2. The predicted molar refractivity (Wildman–Crippen MR) is 110 cm³/mol. The van der Waals surface area contributed by atoms with Crippen LogP contribution >= 0.6 is 34.4 Å². The Labute approximate surface area is 168 Å². The summed E-state index contributed by atoms with van der Waals surface area (Å²) >= 11 is 3.38. The monoisotopic (exact) mass is 483 g/mol. The smallest absolute Gasteiger partial charge is 0.238 e. The molecule has 8 heteroatoms. The van der Waals surface area contributed by atoms with E-state index in [1.54, 1.807) is 19.2 Å². The minimum Gasteiger partial charge on any atom is -0.325 e. The van der Waals surface area contributed by atoms with E-state index >= 15 is 0 Å². The number of hydrogen-bond donors (Lipinski definition) is 1. The first kappa shape index (κ1) is 18.8. The lowest BCUT2D eigenvalue weighted by molar-refractivity contribution is -0.128. The van der Waals surface area contributed by atoms with Gasteiger partial charge in [0.1, 0.15) is 11.1 Å². The number of thioether (sulfide) groups is 1. The molecule has 0 unspecified atom stereocenters. The first-order valence-corrected chi connectivity index (χ1v) is 9.72. The van der Waals surface area contributed by atoms with E-state index in [4.69, 9.17) is 0 Å². The molecule has 1 saturated heterocycles. The number of aliphatic imine (C=N–C) groups is 1. The number of nitrogens with one attached hydrogen (secondary N) is 1. The summed E-state index contributed by atoms with van der Waals surface area (Å²) in [5.41, 5.74) is 1.07. The first-order valence-electron chi connectivity index (χ1n) is 7.76. The molecule has 2 aromatic carbocycles. The van der Waals surface area contributed by atoms with E-state index in [9.17, 15) is 14.0 Å². The van der Waals surface area contributed by atoms with Crippen molar-refractivity contribution in [2.75, 3.05) is 12.4 Å². The van der Waals surface area contributed by atoms with Crippen LogP contribution in [0.25, 0.3) is 0 Å². The lowest BCUT2D eigenvalue weighted by atomic mass is 10.2. The van der Waals surface area contributed by atoms with Crippen LogP contribution in [0.2, 0.25) is 0 Å². The number of carbonyl (C=O) groups excluding carboxylic acids is 2. The lowest BCUT2D eigenvalue weighted by Gasteiger charge is -2.28. The number of amides is 2. The fourth-order valence-electron chi connectivity index (χ4n) is 2.31. The minimum absolute atomic E-state index is 0.0829. The van der Waals surface area contributed by atoms with Crippen molar-refractivity contribution in [2.24, 2.45) is 4.99 Å². The minimum atomic E-state index is -0.592. The summed E-state index contributed by atoms with van der Waals surface area (Å²) in [6.07, 6.45) is 0.0829. The molecule has 0 radical (unpaired) electrons. The molecule has 26 heavy (non-hydrogen) atoms. The molecule has 0 spiro atoms. The largest absolute Gasteiger partial charge is 0.325 e. The molecule has 1 N–H and O–H groups in total. The summed E-state index contributed by atoms with van der Waals surface area (Å²) in [5.74, 6) is -0.874. The molecule has 0 bridgehead atoms. The number of anilines is 1. The van der Waals surface area contributed by atoms with Crippen LogP contribution in [0, 0.1) is 9.39 Å². The van der Waals surface area contributed by atoms with E-state index in [1.165, 1.54) is 28.8 Å². The summed E-state index contributed by atoms with van der Waals surface area (Å²) < 4.78 is 14.4. The van der Waals surface area contributed by atoms with E-state index in [2.05, 4.69) is 32.9 Å². The Balaban J connectivity index is 1.77. The molecule has 1 aliphatic rings. The number of hydrogen-bond acceptors (Lipinski definition) is 4. The average Bonchev–Trinajstić information content (AvgIpc) is 2.60. The van der Waals surface area contributed by atoms with Gasteiger partial charge in [0.25, 0.3) is 0 Å². The molecule has 134 valence electrons. The number of rotatable bonds is 3. The van der Waals surface area contributed by atoms with Gasteiger partial charge in [-0.15, -0.1) is 0 Å². The fraction of sp³-hybridized carbons (Fsp3) is 0.167. The zero-order valence-corrected chi connectivity index (χ0v) is 16.8. The van der Waals surface area contributed by atoms with Gasteiger partial charge < -0.3 is 5.32 Å². The molecule has 1 heterocycles.